The average molecular weight is 344 g/mol. The zero-order chi connectivity index (χ0) is 14.0. The van der Waals surface area contributed by atoms with Gasteiger partial charge in [0.2, 0.25) is 0 Å². The highest BCUT2D eigenvalue weighted by Gasteiger charge is 2.10. The second kappa shape index (κ2) is 5.75. The maximum absolute atomic E-state index is 12.2. The summed E-state index contributed by atoms with van der Waals surface area (Å²) in [6.45, 7) is 2.77. The molecule has 102 valence electrons. The Bertz CT molecular complexity index is 702. The minimum atomic E-state index is -0.429. The predicted molar refractivity (Wildman–Crippen MR) is 80.8 cm³/mol. The monoisotopic (exact) mass is 343 g/mol. The molecule has 0 spiro atoms. The van der Waals surface area contributed by atoms with Gasteiger partial charge in [-0.05, 0) is 28.4 Å². The molecule has 2 rings (SSSR count). The normalized spacial score (nSPS) is 10.8. The molecule has 0 saturated heterocycles. The second-order valence-corrected chi connectivity index (χ2v) is 6.09. The Morgan fingerprint density at radius 3 is 2.74 bits per heavy atom. The van der Waals surface area contributed by atoms with Gasteiger partial charge in [0.05, 0.1) is 6.54 Å². The maximum atomic E-state index is 12.2. The van der Waals surface area contributed by atoms with Crippen molar-refractivity contribution in [1.29, 1.82) is 0 Å². The third kappa shape index (κ3) is 2.98. The Morgan fingerprint density at radius 1 is 1.42 bits per heavy atom. The van der Waals surface area contributed by atoms with Gasteiger partial charge in [0.1, 0.15) is 5.69 Å². The molecule has 7 heteroatoms. The van der Waals surface area contributed by atoms with Crippen LogP contribution in [0.1, 0.15) is 18.2 Å². The van der Waals surface area contributed by atoms with Crippen LogP contribution in [0.2, 0.25) is 0 Å². The summed E-state index contributed by atoms with van der Waals surface area (Å²) < 4.78 is 3.61. The van der Waals surface area contributed by atoms with Crippen molar-refractivity contribution in [3.8, 4) is 0 Å². The summed E-state index contributed by atoms with van der Waals surface area (Å²) in [4.78, 5) is 25.1. The van der Waals surface area contributed by atoms with E-state index in [1.807, 2.05) is 18.4 Å². The van der Waals surface area contributed by atoms with Crippen LogP contribution in [-0.4, -0.2) is 9.13 Å². The van der Waals surface area contributed by atoms with Gasteiger partial charge >= 0.3 is 5.69 Å². The first-order valence-corrected chi connectivity index (χ1v) is 7.53. The number of aromatic nitrogens is 2. The number of anilines is 1. The number of aryl methyl sites for hydroxylation is 1. The highest BCUT2D eigenvalue weighted by Crippen LogP contribution is 2.19. The molecule has 2 N–H and O–H groups in total. The van der Waals surface area contributed by atoms with Crippen LogP contribution in [-0.2, 0) is 13.1 Å². The van der Waals surface area contributed by atoms with Gasteiger partial charge in [-0.1, -0.05) is 6.92 Å². The molecule has 0 saturated carbocycles. The first-order valence-electron chi connectivity index (χ1n) is 5.85. The van der Waals surface area contributed by atoms with Gasteiger partial charge < -0.3 is 5.73 Å². The molecular formula is C12H14BrN3O2S. The summed E-state index contributed by atoms with van der Waals surface area (Å²) in [6.07, 6.45) is 2.23. The van der Waals surface area contributed by atoms with E-state index < -0.39 is 5.56 Å². The van der Waals surface area contributed by atoms with Crippen LogP contribution < -0.4 is 17.0 Å². The Balaban J connectivity index is 2.49. The van der Waals surface area contributed by atoms with Crippen molar-refractivity contribution in [2.45, 2.75) is 26.4 Å². The quantitative estimate of drug-likeness (QED) is 0.921. The minimum Gasteiger partial charge on any atom is -0.393 e. The van der Waals surface area contributed by atoms with Gasteiger partial charge in [-0.15, -0.1) is 11.3 Å². The maximum Gasteiger partial charge on any atom is 0.331 e. The van der Waals surface area contributed by atoms with E-state index in [0.717, 1.165) is 15.8 Å². The number of nitrogens with zero attached hydrogens (tertiary/aromatic N) is 2. The number of rotatable bonds is 4. The molecule has 0 aromatic carbocycles. The number of nitrogen functional groups attached to an aromatic ring is 1. The van der Waals surface area contributed by atoms with Crippen molar-refractivity contribution in [3.63, 3.8) is 0 Å². The Hall–Kier alpha value is -1.34. The highest BCUT2D eigenvalue weighted by molar-refractivity contribution is 9.10. The van der Waals surface area contributed by atoms with Crippen molar-refractivity contribution >= 4 is 33.0 Å². The first-order chi connectivity index (χ1) is 9.02. The number of nitrogens with two attached hydrogens (primary N) is 1. The van der Waals surface area contributed by atoms with Crippen LogP contribution in [0.25, 0.3) is 0 Å². The summed E-state index contributed by atoms with van der Waals surface area (Å²) in [5.41, 5.74) is 5.04. The molecule has 2 heterocycles. The van der Waals surface area contributed by atoms with E-state index in [1.165, 1.54) is 26.7 Å². The molecule has 0 radical (unpaired) electrons. The molecule has 19 heavy (non-hydrogen) atoms. The second-order valence-electron chi connectivity index (χ2n) is 4.18. The third-order valence-electron chi connectivity index (χ3n) is 2.66. The highest BCUT2D eigenvalue weighted by atomic mass is 79.9. The van der Waals surface area contributed by atoms with Crippen molar-refractivity contribution < 1.29 is 0 Å². The fraction of sp³-hybridized carbons (Fsp3) is 0.333. The molecule has 0 aliphatic heterocycles. The molecule has 0 bridgehead atoms. The molecule has 0 aliphatic carbocycles. The molecule has 0 aliphatic rings. The average Bonchev–Trinajstić information content (AvgIpc) is 2.77. The molecule has 2 aromatic heterocycles. The minimum absolute atomic E-state index is 0.101. The third-order valence-corrected chi connectivity index (χ3v) is 4.35. The summed E-state index contributed by atoms with van der Waals surface area (Å²) in [6, 6.07) is 1.89. The lowest BCUT2D eigenvalue weighted by molar-refractivity contribution is 0.575. The van der Waals surface area contributed by atoms with Gasteiger partial charge in [0.15, 0.2) is 0 Å². The smallest absolute Gasteiger partial charge is 0.331 e. The number of halogens is 1. The van der Waals surface area contributed by atoms with Gasteiger partial charge in [-0.2, -0.15) is 0 Å². The molecule has 0 atom stereocenters. The van der Waals surface area contributed by atoms with E-state index in [4.69, 9.17) is 5.73 Å². The van der Waals surface area contributed by atoms with Crippen molar-refractivity contribution in [3.05, 3.63) is 47.8 Å². The SMILES string of the molecule is CCCn1cc(N)c(=O)n(Cc2cc(Br)cs2)c1=O. The van der Waals surface area contributed by atoms with E-state index in [-0.39, 0.29) is 17.9 Å². The van der Waals surface area contributed by atoms with Crippen molar-refractivity contribution in [2.75, 3.05) is 5.73 Å². The Labute approximate surface area is 122 Å². The van der Waals surface area contributed by atoms with E-state index in [9.17, 15) is 9.59 Å². The number of hydrogen-bond donors (Lipinski definition) is 1. The van der Waals surface area contributed by atoms with Crippen LogP contribution >= 0.6 is 27.3 Å². The lowest BCUT2D eigenvalue weighted by Gasteiger charge is -2.09. The van der Waals surface area contributed by atoms with Crippen molar-refractivity contribution in [2.24, 2.45) is 0 Å². The van der Waals surface area contributed by atoms with Gasteiger partial charge in [0, 0.05) is 27.5 Å². The molecule has 0 unspecified atom stereocenters. The summed E-state index contributed by atoms with van der Waals surface area (Å²) in [5, 5.41) is 1.91. The fourth-order valence-electron chi connectivity index (χ4n) is 1.81. The van der Waals surface area contributed by atoms with Gasteiger partial charge in [0.25, 0.3) is 5.56 Å². The lowest BCUT2D eigenvalue weighted by Crippen LogP contribution is -2.40. The van der Waals surface area contributed by atoms with Crippen LogP contribution in [0.4, 0.5) is 5.69 Å². The van der Waals surface area contributed by atoms with E-state index in [2.05, 4.69) is 15.9 Å². The predicted octanol–water partition coefficient (Wildman–Crippen LogP) is 1.87. The van der Waals surface area contributed by atoms with E-state index in [1.54, 1.807) is 0 Å². The van der Waals surface area contributed by atoms with E-state index in [0.29, 0.717) is 6.54 Å². The van der Waals surface area contributed by atoms with Crippen LogP contribution in [0.5, 0.6) is 0 Å². The molecule has 5 nitrogen and oxygen atoms in total. The zero-order valence-electron chi connectivity index (χ0n) is 10.4. The Morgan fingerprint density at radius 2 is 2.16 bits per heavy atom. The summed E-state index contributed by atoms with van der Waals surface area (Å²) in [5.74, 6) is 0. The summed E-state index contributed by atoms with van der Waals surface area (Å²) in [7, 11) is 0. The van der Waals surface area contributed by atoms with E-state index >= 15 is 0 Å². The largest absolute Gasteiger partial charge is 0.393 e. The number of hydrogen-bond acceptors (Lipinski definition) is 4. The molecular weight excluding hydrogens is 330 g/mol. The molecule has 0 amide bonds. The standard InChI is InChI=1S/C12H14BrN3O2S/c1-2-3-15-6-10(14)11(17)16(12(15)18)5-9-4-8(13)7-19-9/h4,6-7H,2-3,5,14H2,1H3. The number of thiophene rings is 1. The van der Waals surface area contributed by atoms with Crippen LogP contribution in [0.15, 0.2) is 31.7 Å². The van der Waals surface area contributed by atoms with Gasteiger partial charge in [-0.3, -0.25) is 13.9 Å². The zero-order valence-corrected chi connectivity index (χ0v) is 12.8. The molecule has 2 aromatic rings. The molecule has 0 fully saturated rings. The topological polar surface area (TPSA) is 70.0 Å². The lowest BCUT2D eigenvalue weighted by atomic mass is 10.4. The van der Waals surface area contributed by atoms with Crippen LogP contribution in [0.3, 0.4) is 0 Å². The van der Waals surface area contributed by atoms with Crippen LogP contribution in [0, 0.1) is 0 Å². The van der Waals surface area contributed by atoms with Gasteiger partial charge in [-0.25, -0.2) is 4.79 Å². The fourth-order valence-corrected chi connectivity index (χ4v) is 3.25. The Kier molecular flexibility index (Phi) is 4.26. The summed E-state index contributed by atoms with van der Waals surface area (Å²) >= 11 is 4.84. The van der Waals surface area contributed by atoms with Crippen molar-refractivity contribution in [1.82, 2.24) is 9.13 Å². The first kappa shape index (κ1) is 14.1.